The average Bonchev–Trinajstić information content (AvgIpc) is 2.77. The second kappa shape index (κ2) is 4.29. The third-order valence-corrected chi connectivity index (χ3v) is 5.08. The summed E-state index contributed by atoms with van der Waals surface area (Å²) in [5.74, 6) is 0.620. The lowest BCUT2D eigenvalue weighted by molar-refractivity contribution is -0.0923. The number of halogens is 2. The number of anilines is 1. The third-order valence-electron chi connectivity index (χ3n) is 4.34. The molecule has 0 bridgehead atoms. The number of rotatable bonds is 2. The van der Waals surface area contributed by atoms with Crippen LogP contribution in [0.25, 0.3) is 0 Å². The standard InChI is InChI=1S/C14H17Cl2NO/c1-14(2)12(9-5-6-18-13(9)14)17-8-3-4-10(15)11(16)7-8/h3-4,7,9,12-13,17H,5-6H2,1-2H3. The molecule has 2 aliphatic rings. The molecule has 1 heterocycles. The summed E-state index contributed by atoms with van der Waals surface area (Å²) in [5.41, 5.74) is 1.21. The van der Waals surface area contributed by atoms with Crippen LogP contribution in [0.4, 0.5) is 5.69 Å². The lowest BCUT2D eigenvalue weighted by Gasteiger charge is -2.55. The molecule has 0 radical (unpaired) electrons. The normalized spacial score (nSPS) is 32.8. The number of nitrogens with one attached hydrogen (secondary N) is 1. The maximum absolute atomic E-state index is 6.04. The molecule has 3 atom stereocenters. The highest BCUT2D eigenvalue weighted by Gasteiger charge is 2.59. The van der Waals surface area contributed by atoms with Crippen LogP contribution in [0.15, 0.2) is 18.2 Å². The van der Waals surface area contributed by atoms with Gasteiger partial charge in [-0.3, -0.25) is 0 Å². The van der Waals surface area contributed by atoms with Crippen LogP contribution in [0.2, 0.25) is 10.0 Å². The van der Waals surface area contributed by atoms with Crippen molar-refractivity contribution in [3.8, 4) is 0 Å². The van der Waals surface area contributed by atoms with Gasteiger partial charge >= 0.3 is 0 Å². The lowest BCUT2D eigenvalue weighted by atomic mass is 9.57. The summed E-state index contributed by atoms with van der Waals surface area (Å²) in [7, 11) is 0. The Kier molecular flexibility index (Phi) is 3.00. The van der Waals surface area contributed by atoms with Gasteiger partial charge < -0.3 is 10.1 Å². The highest BCUT2D eigenvalue weighted by molar-refractivity contribution is 6.42. The van der Waals surface area contributed by atoms with E-state index in [9.17, 15) is 0 Å². The van der Waals surface area contributed by atoms with Crippen molar-refractivity contribution in [2.24, 2.45) is 11.3 Å². The molecular weight excluding hydrogens is 269 g/mol. The van der Waals surface area contributed by atoms with Crippen molar-refractivity contribution in [2.75, 3.05) is 11.9 Å². The monoisotopic (exact) mass is 285 g/mol. The summed E-state index contributed by atoms with van der Waals surface area (Å²) in [6.07, 6.45) is 1.55. The van der Waals surface area contributed by atoms with Crippen LogP contribution in [0, 0.1) is 11.3 Å². The second-order valence-corrected chi connectivity index (χ2v) is 6.63. The fourth-order valence-electron chi connectivity index (χ4n) is 3.38. The van der Waals surface area contributed by atoms with Crippen LogP contribution in [0.1, 0.15) is 20.3 Å². The molecule has 4 heteroatoms. The fraction of sp³-hybridized carbons (Fsp3) is 0.571. The number of fused-ring (bicyclic) bond motifs is 1. The zero-order valence-corrected chi connectivity index (χ0v) is 12.1. The van der Waals surface area contributed by atoms with Gasteiger partial charge in [0.2, 0.25) is 0 Å². The number of hydrogen-bond acceptors (Lipinski definition) is 2. The molecule has 3 rings (SSSR count). The summed E-state index contributed by atoms with van der Waals surface area (Å²) in [5, 5.41) is 4.77. The largest absolute Gasteiger partial charge is 0.381 e. The predicted octanol–water partition coefficient (Wildman–Crippen LogP) is 4.22. The Morgan fingerprint density at radius 3 is 2.78 bits per heavy atom. The van der Waals surface area contributed by atoms with Crippen molar-refractivity contribution >= 4 is 28.9 Å². The zero-order valence-electron chi connectivity index (χ0n) is 10.5. The maximum atomic E-state index is 6.04. The van der Waals surface area contributed by atoms with Gasteiger partial charge in [-0.1, -0.05) is 37.0 Å². The quantitative estimate of drug-likeness (QED) is 0.879. The van der Waals surface area contributed by atoms with Crippen molar-refractivity contribution in [2.45, 2.75) is 32.4 Å². The Morgan fingerprint density at radius 1 is 1.28 bits per heavy atom. The number of benzene rings is 1. The average molecular weight is 286 g/mol. The minimum atomic E-state index is 0.174. The Morgan fingerprint density at radius 2 is 2.06 bits per heavy atom. The minimum Gasteiger partial charge on any atom is -0.381 e. The molecule has 2 fully saturated rings. The molecule has 1 aromatic rings. The molecule has 1 aromatic carbocycles. The summed E-state index contributed by atoms with van der Waals surface area (Å²) in [4.78, 5) is 0. The SMILES string of the molecule is CC1(C)C(Nc2ccc(Cl)c(Cl)c2)C2CCOC21. The predicted molar refractivity (Wildman–Crippen MR) is 75.5 cm³/mol. The van der Waals surface area contributed by atoms with Crippen molar-refractivity contribution in [1.82, 2.24) is 0 Å². The maximum Gasteiger partial charge on any atom is 0.0694 e. The van der Waals surface area contributed by atoms with E-state index in [0.29, 0.717) is 28.1 Å². The first kappa shape index (κ1) is 12.6. The van der Waals surface area contributed by atoms with E-state index in [1.165, 1.54) is 0 Å². The molecule has 0 amide bonds. The van der Waals surface area contributed by atoms with Gasteiger partial charge in [0.15, 0.2) is 0 Å². The highest BCUT2D eigenvalue weighted by Crippen LogP contribution is 2.53. The van der Waals surface area contributed by atoms with E-state index in [0.717, 1.165) is 18.7 Å². The van der Waals surface area contributed by atoms with Gasteiger partial charge in [-0.25, -0.2) is 0 Å². The summed E-state index contributed by atoms with van der Waals surface area (Å²) >= 11 is 12.0. The molecule has 3 unspecified atom stereocenters. The molecule has 2 nitrogen and oxygen atoms in total. The van der Waals surface area contributed by atoms with Crippen molar-refractivity contribution in [1.29, 1.82) is 0 Å². The number of hydrogen-bond donors (Lipinski definition) is 1. The van der Waals surface area contributed by atoms with E-state index in [-0.39, 0.29) is 5.41 Å². The van der Waals surface area contributed by atoms with Crippen molar-refractivity contribution in [3.05, 3.63) is 28.2 Å². The summed E-state index contributed by atoms with van der Waals surface area (Å²) in [6.45, 7) is 5.40. The van der Waals surface area contributed by atoms with Crippen molar-refractivity contribution < 1.29 is 4.74 Å². The second-order valence-electron chi connectivity index (χ2n) is 5.82. The third kappa shape index (κ3) is 1.82. The molecule has 1 saturated carbocycles. The van der Waals surface area contributed by atoms with Crippen molar-refractivity contribution in [3.63, 3.8) is 0 Å². The van der Waals surface area contributed by atoms with E-state index in [2.05, 4.69) is 19.2 Å². The minimum absolute atomic E-state index is 0.174. The van der Waals surface area contributed by atoms with E-state index < -0.39 is 0 Å². The molecule has 1 aliphatic carbocycles. The van der Waals surface area contributed by atoms with Gasteiger partial charge in [-0.15, -0.1) is 0 Å². The zero-order chi connectivity index (χ0) is 12.9. The molecule has 1 saturated heterocycles. The van der Waals surface area contributed by atoms with Crippen LogP contribution in [0.5, 0.6) is 0 Å². The Labute approximate surface area is 118 Å². The van der Waals surface area contributed by atoms with Crippen LogP contribution < -0.4 is 5.32 Å². The molecule has 0 spiro atoms. The molecule has 1 aliphatic heterocycles. The summed E-state index contributed by atoms with van der Waals surface area (Å²) in [6, 6.07) is 6.15. The first-order valence-electron chi connectivity index (χ1n) is 6.33. The van der Waals surface area contributed by atoms with Gasteiger partial charge in [0.1, 0.15) is 0 Å². The van der Waals surface area contributed by atoms with E-state index in [4.69, 9.17) is 27.9 Å². The molecular formula is C14H17Cl2NO. The van der Waals surface area contributed by atoms with E-state index in [1.807, 2.05) is 18.2 Å². The summed E-state index contributed by atoms with van der Waals surface area (Å²) < 4.78 is 5.79. The molecule has 98 valence electrons. The van der Waals surface area contributed by atoms with E-state index in [1.54, 1.807) is 0 Å². The molecule has 0 aromatic heterocycles. The van der Waals surface area contributed by atoms with Crippen LogP contribution in [-0.4, -0.2) is 18.8 Å². The van der Waals surface area contributed by atoms with Crippen LogP contribution in [-0.2, 0) is 4.74 Å². The van der Waals surface area contributed by atoms with Gasteiger partial charge in [0.05, 0.1) is 16.1 Å². The Balaban J connectivity index is 1.78. The van der Waals surface area contributed by atoms with Gasteiger partial charge in [-0.05, 0) is 24.6 Å². The highest BCUT2D eigenvalue weighted by atomic mass is 35.5. The first-order valence-corrected chi connectivity index (χ1v) is 7.09. The van der Waals surface area contributed by atoms with Gasteiger partial charge in [0, 0.05) is 29.7 Å². The van der Waals surface area contributed by atoms with E-state index >= 15 is 0 Å². The van der Waals surface area contributed by atoms with Gasteiger partial charge in [0.25, 0.3) is 0 Å². The Bertz CT molecular complexity index is 475. The van der Waals surface area contributed by atoms with Crippen LogP contribution >= 0.6 is 23.2 Å². The molecule has 1 N–H and O–H groups in total. The Hall–Kier alpha value is -0.440. The lowest BCUT2D eigenvalue weighted by Crippen LogP contribution is -2.63. The topological polar surface area (TPSA) is 21.3 Å². The molecule has 18 heavy (non-hydrogen) atoms. The van der Waals surface area contributed by atoms with Gasteiger partial charge in [-0.2, -0.15) is 0 Å². The van der Waals surface area contributed by atoms with Crippen LogP contribution in [0.3, 0.4) is 0 Å². The number of ether oxygens (including phenoxy) is 1. The smallest absolute Gasteiger partial charge is 0.0694 e. The first-order chi connectivity index (χ1) is 8.50. The fourth-order valence-corrected chi connectivity index (χ4v) is 3.68.